The second-order valence-electron chi connectivity index (χ2n) is 3.23. The Morgan fingerprint density at radius 3 is 2.25 bits per heavy atom. The first-order chi connectivity index (χ1) is 3.60. The average Bonchev–Trinajstić information content (AvgIpc) is 1.82. The highest BCUT2D eigenvalue weighted by Gasteiger charge is 2.29. The highest BCUT2D eigenvalue weighted by Crippen LogP contribution is 2.15. The van der Waals surface area contributed by atoms with Gasteiger partial charge in [-0.1, -0.05) is 0 Å². The van der Waals surface area contributed by atoms with Crippen molar-refractivity contribution in [3.05, 3.63) is 0 Å². The zero-order chi connectivity index (χ0) is 6.20. The number of hydrogen-bond donors (Lipinski definition) is 0. The molecule has 0 radical (unpaired) electrons. The van der Waals surface area contributed by atoms with Crippen LogP contribution in [-0.2, 0) is 0 Å². The van der Waals surface area contributed by atoms with E-state index in [-0.39, 0.29) is 0 Å². The van der Waals surface area contributed by atoms with Crippen LogP contribution in [-0.4, -0.2) is 37.8 Å². The summed E-state index contributed by atoms with van der Waals surface area (Å²) >= 11 is 0. The standard InChI is InChI=1S/C6H13FN/c1-8(2)4-3-6(7)5-8/h6H,3-5H2,1-2H3/q+1. The van der Waals surface area contributed by atoms with Gasteiger partial charge < -0.3 is 4.48 Å². The zero-order valence-corrected chi connectivity index (χ0v) is 5.52. The van der Waals surface area contributed by atoms with Gasteiger partial charge in [-0.25, -0.2) is 4.39 Å². The normalized spacial score (nSPS) is 35.6. The van der Waals surface area contributed by atoms with E-state index >= 15 is 0 Å². The first kappa shape index (κ1) is 6.02. The summed E-state index contributed by atoms with van der Waals surface area (Å²) in [7, 11) is 4.14. The molecule has 0 aromatic rings. The zero-order valence-electron chi connectivity index (χ0n) is 5.52. The summed E-state index contributed by atoms with van der Waals surface area (Å²) in [5, 5.41) is 0. The lowest BCUT2D eigenvalue weighted by Crippen LogP contribution is -2.36. The number of halogens is 1. The summed E-state index contributed by atoms with van der Waals surface area (Å²) in [6.07, 6.45) is 0.220. The van der Waals surface area contributed by atoms with E-state index in [4.69, 9.17) is 0 Å². The van der Waals surface area contributed by atoms with E-state index in [2.05, 4.69) is 14.1 Å². The molecule has 2 heteroatoms. The number of rotatable bonds is 0. The summed E-state index contributed by atoms with van der Waals surface area (Å²) in [5.74, 6) is 0. The molecule has 1 aliphatic heterocycles. The Balaban J connectivity index is 2.44. The van der Waals surface area contributed by atoms with Gasteiger partial charge in [-0.05, 0) is 0 Å². The number of alkyl halides is 1. The molecular formula is C6H13FN+. The quantitative estimate of drug-likeness (QED) is 0.413. The van der Waals surface area contributed by atoms with Crippen LogP contribution in [0.15, 0.2) is 0 Å². The lowest BCUT2D eigenvalue weighted by Gasteiger charge is -2.21. The van der Waals surface area contributed by atoms with Gasteiger partial charge in [-0.15, -0.1) is 0 Å². The van der Waals surface area contributed by atoms with Crippen LogP contribution in [0.1, 0.15) is 6.42 Å². The number of hydrogen-bond acceptors (Lipinski definition) is 0. The maximum atomic E-state index is 12.4. The Morgan fingerprint density at radius 2 is 2.12 bits per heavy atom. The lowest BCUT2D eigenvalue weighted by molar-refractivity contribution is -0.878. The molecule has 1 saturated heterocycles. The molecule has 1 heterocycles. The SMILES string of the molecule is C[N+]1(C)CCC(F)C1. The molecule has 1 fully saturated rings. The van der Waals surface area contributed by atoms with E-state index in [1.54, 1.807) is 0 Å². The Kier molecular flexibility index (Phi) is 1.27. The van der Waals surface area contributed by atoms with Crippen molar-refractivity contribution >= 4 is 0 Å². The van der Waals surface area contributed by atoms with Crippen LogP contribution in [0, 0.1) is 0 Å². The average molecular weight is 118 g/mol. The van der Waals surface area contributed by atoms with Crippen molar-refractivity contribution < 1.29 is 8.87 Å². The topological polar surface area (TPSA) is 0 Å². The minimum absolute atomic E-state index is 0.537. The molecule has 1 aliphatic rings. The molecule has 0 N–H and O–H groups in total. The first-order valence-electron chi connectivity index (χ1n) is 3.06. The molecule has 48 valence electrons. The van der Waals surface area contributed by atoms with Gasteiger partial charge in [0, 0.05) is 6.42 Å². The van der Waals surface area contributed by atoms with E-state index in [9.17, 15) is 4.39 Å². The maximum absolute atomic E-state index is 12.4. The molecule has 0 aromatic heterocycles. The van der Waals surface area contributed by atoms with Crippen LogP contribution < -0.4 is 0 Å². The number of nitrogens with zero attached hydrogens (tertiary/aromatic N) is 1. The number of quaternary nitrogens is 1. The first-order valence-corrected chi connectivity index (χ1v) is 3.06. The monoisotopic (exact) mass is 118 g/mol. The molecule has 1 rings (SSSR count). The van der Waals surface area contributed by atoms with Crippen molar-refractivity contribution in [1.29, 1.82) is 0 Å². The minimum atomic E-state index is -0.537. The van der Waals surface area contributed by atoms with Gasteiger partial charge in [0.15, 0.2) is 6.17 Å². The molecule has 0 saturated carbocycles. The Morgan fingerprint density at radius 1 is 1.50 bits per heavy atom. The highest BCUT2D eigenvalue weighted by atomic mass is 19.1. The molecule has 0 spiro atoms. The number of likely N-dealkylation sites (tertiary alicyclic amines) is 1. The molecular weight excluding hydrogens is 105 g/mol. The van der Waals surface area contributed by atoms with Crippen molar-refractivity contribution in [2.75, 3.05) is 27.2 Å². The third kappa shape index (κ3) is 1.19. The minimum Gasteiger partial charge on any atom is -0.326 e. The van der Waals surface area contributed by atoms with Crippen LogP contribution >= 0.6 is 0 Å². The van der Waals surface area contributed by atoms with E-state index in [1.807, 2.05) is 0 Å². The van der Waals surface area contributed by atoms with E-state index in [1.165, 1.54) is 0 Å². The van der Waals surface area contributed by atoms with Crippen molar-refractivity contribution in [2.24, 2.45) is 0 Å². The van der Waals surface area contributed by atoms with Crippen molar-refractivity contribution in [3.8, 4) is 0 Å². The Bertz CT molecular complexity index is 90.5. The summed E-state index contributed by atoms with van der Waals surface area (Å²) in [5.41, 5.74) is 0. The van der Waals surface area contributed by atoms with Gasteiger partial charge in [-0.2, -0.15) is 0 Å². The second-order valence-corrected chi connectivity index (χ2v) is 3.23. The summed E-state index contributed by atoms with van der Waals surface area (Å²) in [4.78, 5) is 0. The fourth-order valence-corrected chi connectivity index (χ4v) is 1.21. The van der Waals surface area contributed by atoms with Gasteiger partial charge in [0.25, 0.3) is 0 Å². The van der Waals surface area contributed by atoms with Crippen LogP contribution in [0.2, 0.25) is 0 Å². The molecule has 0 amide bonds. The summed E-state index contributed by atoms with van der Waals surface area (Å²) < 4.78 is 13.3. The Hall–Kier alpha value is -0.110. The Labute approximate surface area is 49.7 Å². The van der Waals surface area contributed by atoms with E-state index in [0.29, 0.717) is 6.54 Å². The van der Waals surface area contributed by atoms with Crippen LogP contribution in [0.4, 0.5) is 4.39 Å². The van der Waals surface area contributed by atoms with E-state index in [0.717, 1.165) is 17.4 Å². The van der Waals surface area contributed by atoms with Crippen molar-refractivity contribution in [1.82, 2.24) is 0 Å². The molecule has 1 unspecified atom stereocenters. The molecule has 8 heavy (non-hydrogen) atoms. The van der Waals surface area contributed by atoms with Crippen LogP contribution in [0.3, 0.4) is 0 Å². The van der Waals surface area contributed by atoms with Gasteiger partial charge in [0.2, 0.25) is 0 Å². The highest BCUT2D eigenvalue weighted by molar-refractivity contribution is 4.60. The predicted molar refractivity (Wildman–Crippen MR) is 31.4 cm³/mol. The predicted octanol–water partition coefficient (Wildman–Crippen LogP) is 0.805. The van der Waals surface area contributed by atoms with Gasteiger partial charge >= 0.3 is 0 Å². The molecule has 0 aromatic carbocycles. The van der Waals surface area contributed by atoms with Crippen molar-refractivity contribution in [3.63, 3.8) is 0 Å². The smallest absolute Gasteiger partial charge is 0.154 e. The fraction of sp³-hybridized carbons (Fsp3) is 1.00. The van der Waals surface area contributed by atoms with Crippen molar-refractivity contribution in [2.45, 2.75) is 12.6 Å². The van der Waals surface area contributed by atoms with Gasteiger partial charge in [-0.3, -0.25) is 0 Å². The van der Waals surface area contributed by atoms with Crippen LogP contribution in [0.5, 0.6) is 0 Å². The summed E-state index contributed by atoms with van der Waals surface area (Å²) in [6.45, 7) is 1.71. The third-order valence-corrected chi connectivity index (χ3v) is 1.74. The van der Waals surface area contributed by atoms with E-state index < -0.39 is 6.17 Å². The van der Waals surface area contributed by atoms with Gasteiger partial charge in [0.1, 0.15) is 6.54 Å². The third-order valence-electron chi connectivity index (χ3n) is 1.74. The maximum Gasteiger partial charge on any atom is 0.154 e. The molecule has 1 atom stereocenters. The fourth-order valence-electron chi connectivity index (χ4n) is 1.21. The summed E-state index contributed by atoms with van der Waals surface area (Å²) in [6, 6.07) is 0. The van der Waals surface area contributed by atoms with Gasteiger partial charge in [0.05, 0.1) is 20.6 Å². The van der Waals surface area contributed by atoms with Crippen LogP contribution in [0.25, 0.3) is 0 Å². The second kappa shape index (κ2) is 1.69. The molecule has 1 nitrogen and oxygen atoms in total. The molecule has 0 bridgehead atoms. The lowest BCUT2D eigenvalue weighted by atomic mass is 10.3. The largest absolute Gasteiger partial charge is 0.326 e. The molecule has 0 aliphatic carbocycles.